The van der Waals surface area contributed by atoms with Crippen molar-refractivity contribution in [3.05, 3.63) is 72.2 Å². The molecule has 4 aromatic rings. The topological polar surface area (TPSA) is 74.1 Å². The average molecular weight is 389 g/mol. The van der Waals surface area contributed by atoms with Crippen molar-refractivity contribution < 1.29 is 9.47 Å². The molecule has 0 radical (unpaired) electrons. The van der Waals surface area contributed by atoms with E-state index in [-0.39, 0.29) is 0 Å². The van der Waals surface area contributed by atoms with Crippen LogP contribution in [0.2, 0.25) is 0 Å². The van der Waals surface area contributed by atoms with Gasteiger partial charge < -0.3 is 14.8 Å². The third-order valence-corrected chi connectivity index (χ3v) is 4.76. The molecule has 0 fully saturated rings. The lowest BCUT2D eigenvalue weighted by molar-refractivity contribution is 0.354. The van der Waals surface area contributed by atoms with Gasteiger partial charge in [0.25, 0.3) is 0 Å². The van der Waals surface area contributed by atoms with Crippen LogP contribution < -0.4 is 14.8 Å². The Hall–Kier alpha value is -3.61. The number of aromatic nitrogens is 4. The van der Waals surface area contributed by atoms with Gasteiger partial charge >= 0.3 is 0 Å². The lowest BCUT2D eigenvalue weighted by Crippen LogP contribution is -2.08. The lowest BCUT2D eigenvalue weighted by atomic mass is 10.1. The zero-order chi connectivity index (χ0) is 20.1. The summed E-state index contributed by atoms with van der Waals surface area (Å²) in [6.07, 6.45) is 4.21. The van der Waals surface area contributed by atoms with Gasteiger partial charge in [-0.25, -0.2) is 14.6 Å². The van der Waals surface area contributed by atoms with Gasteiger partial charge in [-0.3, -0.25) is 0 Å². The number of methoxy groups -OCH3 is 2. The fraction of sp³-hybridized carbons (Fsp3) is 0.227. The Morgan fingerprint density at radius 2 is 1.76 bits per heavy atom. The monoisotopic (exact) mass is 389 g/mol. The molecular weight excluding hydrogens is 366 g/mol. The maximum absolute atomic E-state index is 5.37. The van der Waals surface area contributed by atoms with Crippen LogP contribution in [0.5, 0.6) is 11.5 Å². The van der Waals surface area contributed by atoms with Crippen molar-refractivity contribution in [3.63, 3.8) is 0 Å². The summed E-state index contributed by atoms with van der Waals surface area (Å²) in [4.78, 5) is 8.82. The highest BCUT2D eigenvalue weighted by Crippen LogP contribution is 2.27. The summed E-state index contributed by atoms with van der Waals surface area (Å²) in [5, 5.41) is 8.82. The van der Waals surface area contributed by atoms with Crippen LogP contribution in [0.4, 0.5) is 5.82 Å². The molecule has 0 amide bonds. The van der Waals surface area contributed by atoms with Crippen LogP contribution in [0.1, 0.15) is 11.1 Å². The molecule has 0 spiro atoms. The first kappa shape index (κ1) is 18.7. The molecule has 2 heterocycles. The summed E-state index contributed by atoms with van der Waals surface area (Å²) in [5.74, 6) is 2.25. The number of anilines is 1. The maximum atomic E-state index is 5.37. The number of hydrogen-bond acceptors (Lipinski definition) is 6. The Morgan fingerprint density at radius 1 is 0.931 bits per heavy atom. The number of benzene rings is 2. The van der Waals surface area contributed by atoms with Crippen molar-refractivity contribution >= 4 is 16.9 Å². The zero-order valence-corrected chi connectivity index (χ0v) is 16.5. The summed E-state index contributed by atoms with van der Waals surface area (Å²) in [7, 11) is 3.28. The van der Waals surface area contributed by atoms with Crippen LogP contribution in [0.3, 0.4) is 0 Å². The SMILES string of the molecule is COc1ccc(CCNc2ncnc3c2cnn3Cc2ccccc2)cc1OC. The molecule has 1 N–H and O–H groups in total. The Morgan fingerprint density at radius 3 is 2.55 bits per heavy atom. The smallest absolute Gasteiger partial charge is 0.163 e. The van der Waals surface area contributed by atoms with Gasteiger partial charge in [-0.05, 0) is 29.7 Å². The van der Waals surface area contributed by atoms with Crippen molar-refractivity contribution in [3.8, 4) is 11.5 Å². The molecule has 2 aromatic carbocycles. The number of ether oxygens (including phenoxy) is 2. The standard InChI is InChI=1S/C22H23N5O2/c1-28-19-9-8-16(12-20(19)29-2)10-11-23-21-18-13-26-27(22(18)25-15-24-21)14-17-6-4-3-5-7-17/h3-9,12-13,15H,10-11,14H2,1-2H3,(H,23,24,25). The van der Waals surface area contributed by atoms with Crippen molar-refractivity contribution in [2.75, 3.05) is 26.1 Å². The summed E-state index contributed by atoms with van der Waals surface area (Å²) in [6.45, 7) is 1.40. The molecule has 0 aliphatic carbocycles. The molecule has 29 heavy (non-hydrogen) atoms. The molecule has 0 bridgehead atoms. The molecule has 0 atom stereocenters. The van der Waals surface area contributed by atoms with Crippen LogP contribution in [0.15, 0.2) is 61.1 Å². The predicted molar refractivity (Wildman–Crippen MR) is 113 cm³/mol. The number of rotatable bonds is 8. The van der Waals surface area contributed by atoms with E-state index in [0.717, 1.165) is 46.9 Å². The van der Waals surface area contributed by atoms with Crippen molar-refractivity contribution in [1.29, 1.82) is 0 Å². The van der Waals surface area contributed by atoms with Gasteiger partial charge in [-0.15, -0.1) is 0 Å². The van der Waals surface area contributed by atoms with Crippen molar-refractivity contribution in [2.24, 2.45) is 0 Å². The van der Waals surface area contributed by atoms with E-state index in [9.17, 15) is 0 Å². The molecule has 0 aliphatic heterocycles. The molecule has 0 unspecified atom stereocenters. The molecule has 0 aliphatic rings. The van der Waals surface area contributed by atoms with E-state index in [1.165, 1.54) is 5.56 Å². The lowest BCUT2D eigenvalue weighted by Gasteiger charge is -2.10. The second-order valence-corrected chi connectivity index (χ2v) is 6.61. The van der Waals surface area contributed by atoms with E-state index in [2.05, 4.69) is 32.5 Å². The third kappa shape index (κ3) is 4.13. The fourth-order valence-corrected chi connectivity index (χ4v) is 3.27. The Kier molecular flexibility index (Phi) is 5.56. The highest BCUT2D eigenvalue weighted by atomic mass is 16.5. The summed E-state index contributed by atoms with van der Waals surface area (Å²) in [5.41, 5.74) is 3.15. The third-order valence-electron chi connectivity index (χ3n) is 4.76. The fourth-order valence-electron chi connectivity index (χ4n) is 3.27. The number of nitrogens with zero attached hydrogens (tertiary/aromatic N) is 4. The number of nitrogens with one attached hydrogen (secondary N) is 1. The van der Waals surface area contributed by atoms with E-state index >= 15 is 0 Å². The first-order valence-corrected chi connectivity index (χ1v) is 9.43. The average Bonchev–Trinajstić information content (AvgIpc) is 3.18. The van der Waals surface area contributed by atoms with Crippen LogP contribution in [0, 0.1) is 0 Å². The molecule has 7 nitrogen and oxygen atoms in total. The first-order valence-electron chi connectivity index (χ1n) is 9.43. The van der Waals surface area contributed by atoms with Crippen molar-refractivity contribution in [2.45, 2.75) is 13.0 Å². The van der Waals surface area contributed by atoms with E-state index in [1.807, 2.05) is 47.3 Å². The van der Waals surface area contributed by atoms with E-state index in [1.54, 1.807) is 20.5 Å². The Bertz CT molecular complexity index is 1100. The second-order valence-electron chi connectivity index (χ2n) is 6.61. The van der Waals surface area contributed by atoms with Gasteiger partial charge in [-0.1, -0.05) is 36.4 Å². The van der Waals surface area contributed by atoms with Gasteiger partial charge in [0.05, 0.1) is 32.3 Å². The molecule has 2 aromatic heterocycles. The van der Waals surface area contributed by atoms with Gasteiger partial charge in [0.15, 0.2) is 17.1 Å². The van der Waals surface area contributed by atoms with Crippen LogP contribution >= 0.6 is 0 Å². The quantitative estimate of drug-likeness (QED) is 0.497. The minimum atomic E-state index is 0.673. The predicted octanol–water partition coefficient (Wildman–Crippen LogP) is 3.55. The van der Waals surface area contributed by atoms with E-state index < -0.39 is 0 Å². The van der Waals surface area contributed by atoms with E-state index in [0.29, 0.717) is 6.54 Å². The summed E-state index contributed by atoms with van der Waals surface area (Å²) in [6, 6.07) is 16.2. The van der Waals surface area contributed by atoms with Crippen molar-refractivity contribution in [1.82, 2.24) is 19.7 Å². The normalized spacial score (nSPS) is 10.8. The molecule has 148 valence electrons. The molecule has 0 saturated heterocycles. The first-order chi connectivity index (χ1) is 14.3. The van der Waals surface area contributed by atoms with Crippen LogP contribution in [-0.4, -0.2) is 40.5 Å². The summed E-state index contributed by atoms with van der Waals surface area (Å²) < 4.78 is 12.6. The molecule has 4 rings (SSSR count). The van der Waals surface area contributed by atoms with Gasteiger partial charge in [0, 0.05) is 6.54 Å². The minimum Gasteiger partial charge on any atom is -0.493 e. The molecular formula is C22H23N5O2. The Balaban J connectivity index is 1.46. The molecule has 7 heteroatoms. The summed E-state index contributed by atoms with van der Waals surface area (Å²) >= 11 is 0. The Labute approximate surface area is 169 Å². The highest BCUT2D eigenvalue weighted by Gasteiger charge is 2.10. The number of hydrogen-bond donors (Lipinski definition) is 1. The van der Waals surface area contributed by atoms with Gasteiger partial charge in [-0.2, -0.15) is 5.10 Å². The molecule has 0 saturated carbocycles. The second kappa shape index (κ2) is 8.60. The maximum Gasteiger partial charge on any atom is 0.163 e. The highest BCUT2D eigenvalue weighted by molar-refractivity contribution is 5.86. The largest absolute Gasteiger partial charge is 0.493 e. The van der Waals surface area contributed by atoms with Crippen LogP contribution in [-0.2, 0) is 13.0 Å². The number of fused-ring (bicyclic) bond motifs is 1. The van der Waals surface area contributed by atoms with Gasteiger partial charge in [0.1, 0.15) is 12.1 Å². The van der Waals surface area contributed by atoms with Gasteiger partial charge in [0.2, 0.25) is 0 Å². The minimum absolute atomic E-state index is 0.673. The van der Waals surface area contributed by atoms with Crippen LogP contribution in [0.25, 0.3) is 11.0 Å². The van der Waals surface area contributed by atoms with E-state index in [4.69, 9.17) is 9.47 Å². The zero-order valence-electron chi connectivity index (χ0n) is 16.5.